The molecule has 2 heteroatoms. The minimum Gasteiger partial charge on any atom is -0.281 e. The molecule has 0 bridgehead atoms. The molecule has 0 spiro atoms. The van der Waals surface area contributed by atoms with Crippen LogP contribution in [0, 0.1) is 0 Å². The molecular formula is C14H23NS. The zero-order valence-corrected chi connectivity index (χ0v) is 11.9. The van der Waals surface area contributed by atoms with Crippen molar-refractivity contribution in [3.05, 3.63) is 34.8 Å². The Morgan fingerprint density at radius 2 is 1.94 bits per heavy atom. The van der Waals surface area contributed by atoms with Gasteiger partial charge in [0.15, 0.2) is 0 Å². The van der Waals surface area contributed by atoms with Crippen LogP contribution in [-0.4, -0.2) is 12.1 Å². The summed E-state index contributed by atoms with van der Waals surface area (Å²) in [6.07, 6.45) is 6.12. The highest BCUT2D eigenvalue weighted by atomic mass is 32.2. The quantitative estimate of drug-likeness (QED) is 0.373. The van der Waals surface area contributed by atoms with Crippen molar-refractivity contribution in [1.82, 2.24) is 0 Å². The van der Waals surface area contributed by atoms with E-state index in [2.05, 4.69) is 45.3 Å². The number of nitrogens with zero attached hydrogens (tertiary/aromatic N) is 1. The third kappa shape index (κ3) is 5.36. The molecule has 0 aliphatic carbocycles. The van der Waals surface area contributed by atoms with Gasteiger partial charge in [-0.15, -0.1) is 6.58 Å². The standard InChI is InChI=1S/C14H23NS/c1-7-9-10-13(11(3)4)14(15-6)16-12(5)8-2/h7-8H,1,9-10H2,2-6H3/b12-8-,15-14-. The molecule has 0 N–H and O–H groups in total. The zero-order chi connectivity index (χ0) is 12.6. The molecule has 16 heavy (non-hydrogen) atoms. The predicted octanol–water partition coefficient (Wildman–Crippen LogP) is 4.97. The van der Waals surface area contributed by atoms with Crippen LogP contribution >= 0.6 is 11.8 Å². The molecule has 0 aromatic carbocycles. The van der Waals surface area contributed by atoms with Crippen molar-refractivity contribution in [3.8, 4) is 0 Å². The van der Waals surface area contributed by atoms with Crippen molar-refractivity contribution < 1.29 is 0 Å². The van der Waals surface area contributed by atoms with Crippen LogP contribution in [0.3, 0.4) is 0 Å². The van der Waals surface area contributed by atoms with Gasteiger partial charge in [0.1, 0.15) is 0 Å². The largest absolute Gasteiger partial charge is 0.281 e. The van der Waals surface area contributed by atoms with Crippen LogP contribution in [0.1, 0.15) is 40.5 Å². The SMILES string of the molecule is C=CCCC(=C(C)C)/C(=N/C)S/C(C)=C\C. The number of thioether (sulfide) groups is 1. The van der Waals surface area contributed by atoms with E-state index in [-0.39, 0.29) is 0 Å². The molecule has 0 aromatic rings. The van der Waals surface area contributed by atoms with Gasteiger partial charge in [-0.2, -0.15) is 0 Å². The topological polar surface area (TPSA) is 12.4 Å². The number of hydrogen-bond acceptors (Lipinski definition) is 2. The molecule has 0 aliphatic rings. The van der Waals surface area contributed by atoms with E-state index in [0.29, 0.717) is 0 Å². The van der Waals surface area contributed by atoms with Gasteiger partial charge in [0, 0.05) is 7.05 Å². The van der Waals surface area contributed by atoms with Gasteiger partial charge >= 0.3 is 0 Å². The molecule has 0 radical (unpaired) electrons. The highest BCUT2D eigenvalue weighted by Crippen LogP contribution is 2.26. The average Bonchev–Trinajstić information content (AvgIpc) is 2.27. The lowest BCUT2D eigenvalue weighted by Crippen LogP contribution is -2.00. The molecule has 0 unspecified atom stereocenters. The Morgan fingerprint density at radius 3 is 2.31 bits per heavy atom. The van der Waals surface area contributed by atoms with Crippen molar-refractivity contribution in [1.29, 1.82) is 0 Å². The van der Waals surface area contributed by atoms with Crippen LogP contribution < -0.4 is 0 Å². The van der Waals surface area contributed by atoms with E-state index in [1.807, 2.05) is 13.1 Å². The van der Waals surface area contributed by atoms with Gasteiger partial charge in [0.05, 0.1) is 5.04 Å². The summed E-state index contributed by atoms with van der Waals surface area (Å²) in [5, 5.41) is 1.14. The van der Waals surface area contributed by atoms with Crippen molar-refractivity contribution in [2.75, 3.05) is 7.05 Å². The Hall–Kier alpha value is -0.760. The lowest BCUT2D eigenvalue weighted by atomic mass is 10.1. The summed E-state index contributed by atoms with van der Waals surface area (Å²) >= 11 is 1.75. The first kappa shape index (κ1) is 15.2. The number of hydrogen-bond donors (Lipinski definition) is 0. The Kier molecular flexibility index (Phi) is 8.00. The van der Waals surface area contributed by atoms with Crippen LogP contribution in [0.4, 0.5) is 0 Å². The minimum absolute atomic E-state index is 1.01. The first-order valence-electron chi connectivity index (χ1n) is 5.62. The Bertz CT molecular complexity index is 318. The zero-order valence-electron chi connectivity index (χ0n) is 11.1. The van der Waals surface area contributed by atoms with Gasteiger partial charge < -0.3 is 0 Å². The number of allylic oxidation sites excluding steroid dienone is 4. The smallest absolute Gasteiger partial charge is 0.0976 e. The highest BCUT2D eigenvalue weighted by Gasteiger charge is 2.09. The van der Waals surface area contributed by atoms with Crippen molar-refractivity contribution >= 4 is 16.8 Å². The molecule has 0 saturated carbocycles. The van der Waals surface area contributed by atoms with Crippen molar-refractivity contribution in [3.63, 3.8) is 0 Å². The van der Waals surface area contributed by atoms with Gasteiger partial charge in [-0.25, -0.2) is 0 Å². The Morgan fingerprint density at radius 1 is 1.31 bits per heavy atom. The lowest BCUT2D eigenvalue weighted by molar-refractivity contribution is 1.00. The van der Waals surface area contributed by atoms with E-state index in [0.717, 1.165) is 17.9 Å². The van der Waals surface area contributed by atoms with E-state index in [4.69, 9.17) is 0 Å². The summed E-state index contributed by atoms with van der Waals surface area (Å²) in [6.45, 7) is 12.2. The van der Waals surface area contributed by atoms with Crippen molar-refractivity contribution in [2.45, 2.75) is 40.5 Å². The Labute approximate surface area is 104 Å². The second kappa shape index (κ2) is 8.40. The molecule has 0 fully saturated rings. The van der Waals surface area contributed by atoms with Gasteiger partial charge in [0.25, 0.3) is 0 Å². The summed E-state index contributed by atoms with van der Waals surface area (Å²) in [5.74, 6) is 0. The first-order chi connectivity index (χ1) is 7.56. The monoisotopic (exact) mass is 237 g/mol. The summed E-state index contributed by atoms with van der Waals surface area (Å²) in [5.41, 5.74) is 2.70. The average molecular weight is 237 g/mol. The van der Waals surface area contributed by atoms with E-state index in [1.54, 1.807) is 11.8 Å². The molecule has 0 heterocycles. The van der Waals surface area contributed by atoms with E-state index in [9.17, 15) is 0 Å². The number of aliphatic imine (C=N–C) groups is 1. The maximum Gasteiger partial charge on any atom is 0.0976 e. The van der Waals surface area contributed by atoms with Gasteiger partial charge in [-0.1, -0.05) is 29.5 Å². The third-order valence-electron chi connectivity index (χ3n) is 2.33. The van der Waals surface area contributed by atoms with Crippen molar-refractivity contribution in [2.24, 2.45) is 4.99 Å². The molecular weight excluding hydrogens is 214 g/mol. The normalized spacial score (nSPS) is 12.6. The minimum atomic E-state index is 1.01. The highest BCUT2D eigenvalue weighted by molar-refractivity contribution is 8.17. The summed E-state index contributed by atoms with van der Waals surface area (Å²) < 4.78 is 0. The molecule has 0 rings (SSSR count). The maximum absolute atomic E-state index is 4.40. The van der Waals surface area contributed by atoms with Gasteiger partial charge in [0.2, 0.25) is 0 Å². The first-order valence-corrected chi connectivity index (χ1v) is 6.43. The van der Waals surface area contributed by atoms with Crippen LogP contribution in [0.2, 0.25) is 0 Å². The molecule has 0 aliphatic heterocycles. The summed E-state index contributed by atoms with van der Waals surface area (Å²) in [6, 6.07) is 0. The van der Waals surface area contributed by atoms with E-state index >= 15 is 0 Å². The van der Waals surface area contributed by atoms with Crippen LogP contribution in [0.5, 0.6) is 0 Å². The molecule has 0 saturated heterocycles. The van der Waals surface area contributed by atoms with Gasteiger partial charge in [-0.05, 0) is 51.0 Å². The van der Waals surface area contributed by atoms with Crippen LogP contribution in [-0.2, 0) is 0 Å². The van der Waals surface area contributed by atoms with E-state index in [1.165, 1.54) is 16.1 Å². The molecule has 0 amide bonds. The second-order valence-corrected chi connectivity index (χ2v) is 5.07. The summed E-state index contributed by atoms with van der Waals surface area (Å²) in [7, 11) is 1.86. The molecule has 90 valence electrons. The molecule has 1 nitrogen and oxygen atoms in total. The van der Waals surface area contributed by atoms with Gasteiger partial charge in [-0.3, -0.25) is 4.99 Å². The maximum atomic E-state index is 4.40. The fraction of sp³-hybridized carbons (Fsp3) is 0.500. The predicted molar refractivity (Wildman–Crippen MR) is 78.2 cm³/mol. The number of rotatable bonds is 5. The molecule has 0 aromatic heterocycles. The lowest BCUT2D eigenvalue weighted by Gasteiger charge is -2.12. The third-order valence-corrected chi connectivity index (χ3v) is 3.51. The molecule has 0 atom stereocenters. The Balaban J connectivity index is 4.90. The summed E-state index contributed by atoms with van der Waals surface area (Å²) in [4.78, 5) is 5.69. The second-order valence-electron chi connectivity index (χ2n) is 3.84. The fourth-order valence-corrected chi connectivity index (χ4v) is 2.21. The van der Waals surface area contributed by atoms with Crippen LogP contribution in [0.15, 0.2) is 39.8 Å². The fourth-order valence-electron chi connectivity index (χ4n) is 1.27. The van der Waals surface area contributed by atoms with Crippen LogP contribution in [0.25, 0.3) is 0 Å². The van der Waals surface area contributed by atoms with E-state index < -0.39 is 0 Å².